The van der Waals surface area contributed by atoms with Gasteiger partial charge in [-0.1, -0.05) is 54.8 Å². The SMILES string of the molecule is O=C(O)[C@H]1[C@H](c2ccc(S(F)(F)(F)(F)F)cc2)C1(Cl)Cl. The zero-order chi connectivity index (χ0) is 15.6. The fourth-order valence-corrected chi connectivity index (χ4v) is 3.45. The minimum Gasteiger partial charge on any atom is -0.481 e. The molecule has 0 spiro atoms. The number of carbonyl (C=O) groups is 1. The van der Waals surface area contributed by atoms with Crippen LogP contribution in [0.1, 0.15) is 11.5 Å². The van der Waals surface area contributed by atoms with Crippen LogP contribution in [0.2, 0.25) is 0 Å². The second kappa shape index (κ2) is 3.53. The molecule has 1 aliphatic rings. The normalized spacial score (nSPS) is 28.4. The molecule has 10 heteroatoms. The fourth-order valence-electron chi connectivity index (χ4n) is 1.98. The minimum atomic E-state index is -9.73. The van der Waals surface area contributed by atoms with Gasteiger partial charge in [-0.05, 0) is 17.7 Å². The number of alkyl halides is 2. The van der Waals surface area contributed by atoms with Crippen molar-refractivity contribution in [1.82, 2.24) is 0 Å². The third-order valence-electron chi connectivity index (χ3n) is 3.00. The van der Waals surface area contributed by atoms with Crippen LogP contribution >= 0.6 is 33.4 Å². The molecule has 1 aromatic rings. The van der Waals surface area contributed by atoms with Crippen LogP contribution in [0.15, 0.2) is 29.2 Å². The molecule has 2 rings (SSSR count). The molecule has 0 aliphatic heterocycles. The molecule has 1 saturated carbocycles. The summed E-state index contributed by atoms with van der Waals surface area (Å²) in [6.07, 6.45) is 0. The van der Waals surface area contributed by atoms with E-state index in [9.17, 15) is 24.2 Å². The summed E-state index contributed by atoms with van der Waals surface area (Å²) in [5.74, 6) is -3.43. The lowest BCUT2D eigenvalue weighted by atomic mass is 10.1. The van der Waals surface area contributed by atoms with E-state index in [0.717, 1.165) is 12.1 Å². The summed E-state index contributed by atoms with van der Waals surface area (Å²) in [6.45, 7) is 0. The van der Waals surface area contributed by atoms with Crippen LogP contribution in [0.5, 0.6) is 0 Å². The van der Waals surface area contributed by atoms with Gasteiger partial charge >= 0.3 is 16.2 Å². The van der Waals surface area contributed by atoms with E-state index >= 15 is 0 Å². The highest BCUT2D eigenvalue weighted by molar-refractivity contribution is 8.45. The van der Waals surface area contributed by atoms with Crippen LogP contribution in [-0.2, 0) is 4.79 Å². The van der Waals surface area contributed by atoms with E-state index in [1.165, 1.54) is 0 Å². The Morgan fingerprint density at radius 2 is 1.55 bits per heavy atom. The Kier molecular flexibility index (Phi) is 2.77. The predicted octanol–water partition coefficient (Wildman–Crippen LogP) is 5.32. The van der Waals surface area contributed by atoms with E-state index in [1.54, 1.807) is 0 Å². The molecule has 0 aromatic heterocycles. The van der Waals surface area contributed by atoms with E-state index in [1.807, 2.05) is 0 Å². The number of hydrogen-bond donors (Lipinski definition) is 1. The summed E-state index contributed by atoms with van der Waals surface area (Å²) in [7, 11) is -9.73. The van der Waals surface area contributed by atoms with Crippen LogP contribution in [0.4, 0.5) is 19.4 Å². The van der Waals surface area contributed by atoms with Crippen LogP contribution < -0.4 is 0 Å². The molecular formula is C10H7Cl2F5O2S. The van der Waals surface area contributed by atoms with Crippen molar-refractivity contribution in [3.05, 3.63) is 29.8 Å². The monoisotopic (exact) mass is 356 g/mol. The first-order valence-corrected chi connectivity index (χ1v) is 7.80. The lowest BCUT2D eigenvalue weighted by Gasteiger charge is -2.40. The van der Waals surface area contributed by atoms with E-state index in [0.29, 0.717) is 0 Å². The van der Waals surface area contributed by atoms with Gasteiger partial charge in [0.2, 0.25) is 0 Å². The lowest BCUT2D eigenvalue weighted by Crippen LogP contribution is -2.06. The lowest BCUT2D eigenvalue weighted by molar-refractivity contribution is -0.138. The van der Waals surface area contributed by atoms with Crippen LogP contribution in [0, 0.1) is 5.92 Å². The summed E-state index contributed by atoms with van der Waals surface area (Å²) in [5, 5.41) is 8.82. The second-order valence-corrected chi connectivity index (χ2v) is 8.36. The number of carboxylic acid groups (broad SMARTS) is 1. The quantitative estimate of drug-likeness (QED) is 0.588. The molecule has 1 fully saturated rings. The van der Waals surface area contributed by atoms with Crippen LogP contribution in [0.3, 0.4) is 0 Å². The highest BCUT2D eigenvalue weighted by Gasteiger charge is 2.69. The first kappa shape index (κ1) is 15.7. The Hall–Kier alpha value is -0.730. The van der Waals surface area contributed by atoms with Crippen molar-refractivity contribution in [3.63, 3.8) is 0 Å². The molecule has 0 heterocycles. The van der Waals surface area contributed by atoms with Crippen molar-refractivity contribution < 1.29 is 29.3 Å². The first-order chi connectivity index (χ1) is 8.64. The van der Waals surface area contributed by atoms with Crippen LogP contribution in [0.25, 0.3) is 0 Å². The summed E-state index contributed by atoms with van der Waals surface area (Å²) in [4.78, 5) is 8.78. The van der Waals surface area contributed by atoms with Gasteiger partial charge in [0.05, 0.1) is 5.92 Å². The maximum Gasteiger partial charge on any atom is 0.310 e. The molecule has 2 nitrogen and oxygen atoms in total. The number of halogens is 7. The number of aliphatic carboxylic acids is 1. The molecule has 0 radical (unpaired) electrons. The van der Waals surface area contributed by atoms with Gasteiger partial charge in [-0.2, -0.15) is 0 Å². The van der Waals surface area contributed by atoms with Gasteiger partial charge in [-0.25, -0.2) is 0 Å². The molecule has 0 unspecified atom stereocenters. The van der Waals surface area contributed by atoms with E-state index in [4.69, 9.17) is 28.3 Å². The molecule has 1 aromatic carbocycles. The summed E-state index contributed by atoms with van der Waals surface area (Å²) in [6, 6.07) is 1.94. The number of carboxylic acids is 1. The predicted molar refractivity (Wildman–Crippen MR) is 66.1 cm³/mol. The van der Waals surface area contributed by atoms with Gasteiger partial charge in [0.1, 0.15) is 9.23 Å². The molecule has 0 saturated heterocycles. The van der Waals surface area contributed by atoms with Crippen LogP contribution in [-0.4, -0.2) is 15.4 Å². The summed E-state index contributed by atoms with van der Waals surface area (Å²) < 4.78 is 60.9. The highest BCUT2D eigenvalue weighted by atomic mass is 35.5. The molecule has 20 heavy (non-hydrogen) atoms. The number of hydrogen-bond acceptors (Lipinski definition) is 1. The molecule has 0 bridgehead atoms. The smallest absolute Gasteiger partial charge is 0.310 e. The highest BCUT2D eigenvalue weighted by Crippen LogP contribution is 3.02. The van der Waals surface area contributed by atoms with Gasteiger partial charge in [0.25, 0.3) is 0 Å². The minimum absolute atomic E-state index is 0.0630. The maximum absolute atomic E-state index is 12.5. The van der Waals surface area contributed by atoms with E-state index in [2.05, 4.69) is 0 Å². The van der Waals surface area contributed by atoms with E-state index in [-0.39, 0.29) is 17.7 Å². The van der Waals surface area contributed by atoms with Crippen molar-refractivity contribution in [2.45, 2.75) is 15.1 Å². The maximum atomic E-state index is 12.5. The van der Waals surface area contributed by atoms with Crippen molar-refractivity contribution >= 4 is 39.4 Å². The summed E-state index contributed by atoms with van der Waals surface area (Å²) >= 11 is 11.4. The molecule has 1 aliphatic carbocycles. The third kappa shape index (κ3) is 2.68. The number of rotatable bonds is 3. The fraction of sp³-hybridized carbons (Fsp3) is 0.300. The molecule has 0 amide bonds. The third-order valence-corrected chi connectivity index (χ3v) is 5.11. The first-order valence-electron chi connectivity index (χ1n) is 5.09. The summed E-state index contributed by atoms with van der Waals surface area (Å²) in [5.41, 5.74) is 0.0630. The van der Waals surface area contributed by atoms with Gasteiger partial charge in [-0.15, -0.1) is 0 Å². The zero-order valence-corrected chi connectivity index (χ0v) is 11.7. The van der Waals surface area contributed by atoms with Crippen molar-refractivity contribution in [2.75, 3.05) is 0 Å². The number of benzene rings is 1. The van der Waals surface area contributed by atoms with Crippen molar-refractivity contribution in [2.24, 2.45) is 5.92 Å². The van der Waals surface area contributed by atoms with Gasteiger partial charge in [-0.3, -0.25) is 4.79 Å². The Morgan fingerprint density at radius 1 is 1.10 bits per heavy atom. The second-order valence-electron chi connectivity index (χ2n) is 4.51. The zero-order valence-electron chi connectivity index (χ0n) is 9.37. The topological polar surface area (TPSA) is 37.3 Å². The average molecular weight is 357 g/mol. The van der Waals surface area contributed by atoms with E-state index < -0.39 is 37.3 Å². The standard InChI is InChI=1S/C10H7Cl2F5O2S/c11-10(12)7(8(10)9(18)19)5-1-3-6(4-2-5)20(13,14,15,16)17/h1-4,7-8H,(H,18,19)/t7-,8+/m0/s1. The van der Waals surface area contributed by atoms with Gasteiger partial charge in [0.15, 0.2) is 0 Å². The largest absolute Gasteiger partial charge is 0.481 e. The van der Waals surface area contributed by atoms with Crippen molar-refractivity contribution in [3.8, 4) is 0 Å². The molecule has 1 N–H and O–H groups in total. The average Bonchev–Trinajstić information content (AvgIpc) is 2.78. The molecular weight excluding hydrogens is 350 g/mol. The Balaban J connectivity index is 2.35. The molecule has 2 atom stereocenters. The van der Waals surface area contributed by atoms with Gasteiger partial charge < -0.3 is 5.11 Å². The van der Waals surface area contributed by atoms with Gasteiger partial charge in [0, 0.05) is 5.92 Å². The Bertz CT molecular complexity index is 584. The Morgan fingerprint density at radius 3 is 1.85 bits per heavy atom. The van der Waals surface area contributed by atoms with Crippen molar-refractivity contribution in [1.29, 1.82) is 0 Å². The Labute approximate surface area is 120 Å². The molecule has 114 valence electrons.